The van der Waals surface area contributed by atoms with Gasteiger partial charge in [-0.05, 0) is 63.9 Å². The summed E-state index contributed by atoms with van der Waals surface area (Å²) in [4.78, 5) is 1.65. The number of aryl methyl sites for hydroxylation is 1. The van der Waals surface area contributed by atoms with Crippen LogP contribution >= 0.6 is 0 Å². The first kappa shape index (κ1) is 22.4. The minimum atomic E-state index is -2.65. The van der Waals surface area contributed by atoms with Crippen LogP contribution in [-0.2, 0) is 13.3 Å². The molecule has 0 fully saturated rings. The average Bonchev–Trinajstić information content (AvgIpc) is 3.17. The molecule has 0 saturated carbocycles. The van der Waals surface area contributed by atoms with Gasteiger partial charge in [0.2, 0.25) is 0 Å². The molecule has 0 radical (unpaired) electrons. The van der Waals surface area contributed by atoms with Gasteiger partial charge in [0.25, 0.3) is 0 Å². The number of fused-ring (bicyclic) bond motifs is 1. The van der Waals surface area contributed by atoms with Crippen molar-refractivity contribution in [2.24, 2.45) is 0 Å². The predicted molar refractivity (Wildman–Crippen MR) is 119 cm³/mol. The van der Waals surface area contributed by atoms with Crippen LogP contribution in [0.1, 0.15) is 32.8 Å². The van der Waals surface area contributed by atoms with E-state index < -0.39 is 8.80 Å². The molecule has 1 heterocycles. The van der Waals surface area contributed by atoms with E-state index in [1.807, 2.05) is 70.2 Å². The fraction of sp³-hybridized carbons (Fsp3) is 0.455. The molecule has 2 aromatic carbocycles. The molecule has 0 unspecified atom stereocenters. The smallest absolute Gasteiger partial charge is 0.491 e. The van der Waals surface area contributed by atoms with Crippen LogP contribution < -0.4 is 4.74 Å². The van der Waals surface area contributed by atoms with Crippen molar-refractivity contribution in [1.29, 1.82) is 0 Å². The molecule has 162 valence electrons. The highest BCUT2D eigenvalue weighted by atomic mass is 28.4. The molecule has 0 atom stereocenters. The van der Waals surface area contributed by atoms with Gasteiger partial charge in [-0.3, -0.25) is 0 Å². The van der Waals surface area contributed by atoms with Gasteiger partial charge in [-0.2, -0.15) is 0 Å². The fourth-order valence-electron chi connectivity index (χ4n) is 3.35. The number of hydrogen-bond acceptors (Lipinski definition) is 6. The standard InChI is InChI=1S/C22H31N3O4Si/c1-5-27-30(28-6-2,29-7-3)16-10-15-26-22-14-13-18(4)17-21(22)25-23-19-11-8-9-12-20(19)24-25/h8-9,11-14,17H,5-7,10,15-16H2,1-4H3. The van der Waals surface area contributed by atoms with Gasteiger partial charge in [0.05, 0.1) is 6.61 Å². The Hall–Kier alpha value is -2.26. The van der Waals surface area contributed by atoms with Crippen molar-refractivity contribution in [2.45, 2.75) is 40.2 Å². The lowest BCUT2D eigenvalue weighted by Gasteiger charge is -2.28. The highest BCUT2D eigenvalue weighted by molar-refractivity contribution is 6.60. The Morgan fingerprint density at radius 2 is 1.47 bits per heavy atom. The van der Waals surface area contributed by atoms with Crippen LogP contribution in [0, 0.1) is 6.92 Å². The Bertz CT molecular complexity index is 897. The van der Waals surface area contributed by atoms with Gasteiger partial charge >= 0.3 is 8.80 Å². The van der Waals surface area contributed by atoms with Crippen molar-refractivity contribution in [3.05, 3.63) is 48.0 Å². The van der Waals surface area contributed by atoms with Gasteiger partial charge in [0.15, 0.2) is 0 Å². The molecule has 0 bridgehead atoms. The molecule has 0 spiro atoms. The van der Waals surface area contributed by atoms with E-state index in [2.05, 4.69) is 10.2 Å². The lowest BCUT2D eigenvalue weighted by atomic mass is 10.2. The number of benzene rings is 2. The number of rotatable bonds is 12. The summed E-state index contributed by atoms with van der Waals surface area (Å²) in [5.41, 5.74) is 3.65. The van der Waals surface area contributed by atoms with Crippen molar-refractivity contribution in [3.63, 3.8) is 0 Å². The molecule has 30 heavy (non-hydrogen) atoms. The van der Waals surface area contributed by atoms with Gasteiger partial charge in [0, 0.05) is 25.9 Å². The monoisotopic (exact) mass is 429 g/mol. The molecule has 8 heteroatoms. The Morgan fingerprint density at radius 3 is 2.03 bits per heavy atom. The summed E-state index contributed by atoms with van der Waals surface area (Å²) >= 11 is 0. The quantitative estimate of drug-likeness (QED) is 0.311. The highest BCUT2D eigenvalue weighted by Gasteiger charge is 2.39. The minimum absolute atomic E-state index is 0.527. The number of aromatic nitrogens is 3. The SMILES string of the molecule is CCO[Si](CCCOc1ccc(C)cc1-n1nc2ccccc2n1)(OCC)OCC. The van der Waals surface area contributed by atoms with Crippen molar-refractivity contribution >= 4 is 19.8 Å². The summed E-state index contributed by atoms with van der Waals surface area (Å²) in [6.07, 6.45) is 0.772. The maximum atomic E-state index is 6.13. The van der Waals surface area contributed by atoms with E-state index in [0.717, 1.165) is 34.5 Å². The molecule has 7 nitrogen and oxygen atoms in total. The van der Waals surface area contributed by atoms with E-state index in [4.69, 9.17) is 18.0 Å². The first-order chi connectivity index (χ1) is 14.6. The Kier molecular flexibility index (Phi) is 7.98. The van der Waals surface area contributed by atoms with Gasteiger partial charge in [-0.15, -0.1) is 15.0 Å². The minimum Gasteiger partial charge on any atom is -0.491 e. The summed E-state index contributed by atoms with van der Waals surface area (Å²) in [6, 6.07) is 14.6. The van der Waals surface area contributed by atoms with Crippen molar-refractivity contribution in [2.75, 3.05) is 26.4 Å². The van der Waals surface area contributed by atoms with Crippen LogP contribution in [0.25, 0.3) is 16.7 Å². The van der Waals surface area contributed by atoms with E-state index in [9.17, 15) is 0 Å². The normalized spacial score (nSPS) is 11.9. The Morgan fingerprint density at radius 1 is 0.867 bits per heavy atom. The maximum absolute atomic E-state index is 6.13. The molecule has 0 saturated heterocycles. The zero-order valence-electron chi connectivity index (χ0n) is 18.3. The third-order valence-electron chi connectivity index (χ3n) is 4.59. The summed E-state index contributed by atoms with van der Waals surface area (Å²) in [5, 5.41) is 9.20. The third kappa shape index (κ3) is 5.45. The highest BCUT2D eigenvalue weighted by Crippen LogP contribution is 2.25. The second-order valence-corrected chi connectivity index (χ2v) is 9.62. The molecule has 0 aliphatic carbocycles. The number of nitrogens with zero attached hydrogens (tertiary/aromatic N) is 3. The average molecular weight is 430 g/mol. The van der Waals surface area contributed by atoms with Crippen LogP contribution in [0.15, 0.2) is 42.5 Å². The zero-order chi connectivity index (χ0) is 21.4. The summed E-state index contributed by atoms with van der Waals surface area (Å²) in [6.45, 7) is 10.2. The molecular weight excluding hydrogens is 398 g/mol. The molecular formula is C22H31N3O4Si. The van der Waals surface area contributed by atoms with E-state index in [0.29, 0.717) is 32.5 Å². The molecule has 3 rings (SSSR count). The van der Waals surface area contributed by atoms with Crippen LogP contribution in [0.5, 0.6) is 5.75 Å². The van der Waals surface area contributed by atoms with Gasteiger partial charge in [-0.25, -0.2) is 0 Å². The predicted octanol–water partition coefficient (Wildman–Crippen LogP) is 4.55. The second-order valence-electron chi connectivity index (χ2n) is 6.88. The Labute approximate surface area is 179 Å². The second kappa shape index (κ2) is 10.7. The van der Waals surface area contributed by atoms with Crippen molar-refractivity contribution < 1.29 is 18.0 Å². The summed E-state index contributed by atoms with van der Waals surface area (Å²) in [7, 11) is -2.65. The van der Waals surface area contributed by atoms with E-state index in [1.54, 1.807) is 4.80 Å². The van der Waals surface area contributed by atoms with Crippen molar-refractivity contribution in [1.82, 2.24) is 15.0 Å². The molecule has 0 N–H and O–H groups in total. The van der Waals surface area contributed by atoms with Gasteiger partial charge < -0.3 is 18.0 Å². The van der Waals surface area contributed by atoms with Crippen LogP contribution in [-0.4, -0.2) is 50.2 Å². The van der Waals surface area contributed by atoms with Gasteiger partial charge in [0.1, 0.15) is 22.5 Å². The molecule has 3 aromatic rings. The molecule has 1 aromatic heterocycles. The Balaban J connectivity index is 1.71. The van der Waals surface area contributed by atoms with E-state index >= 15 is 0 Å². The first-order valence-electron chi connectivity index (χ1n) is 10.6. The first-order valence-corrected chi connectivity index (χ1v) is 12.5. The van der Waals surface area contributed by atoms with Crippen molar-refractivity contribution in [3.8, 4) is 11.4 Å². The maximum Gasteiger partial charge on any atom is 0.501 e. The zero-order valence-corrected chi connectivity index (χ0v) is 19.3. The molecule has 0 aliphatic heterocycles. The van der Waals surface area contributed by atoms with Crippen LogP contribution in [0.4, 0.5) is 0 Å². The topological polar surface area (TPSA) is 67.6 Å². The largest absolute Gasteiger partial charge is 0.501 e. The number of hydrogen-bond donors (Lipinski definition) is 0. The molecule has 0 aliphatic rings. The van der Waals surface area contributed by atoms with E-state index in [-0.39, 0.29) is 0 Å². The molecule has 0 amide bonds. The van der Waals surface area contributed by atoms with Gasteiger partial charge in [-0.1, -0.05) is 18.2 Å². The summed E-state index contributed by atoms with van der Waals surface area (Å²) < 4.78 is 23.9. The van der Waals surface area contributed by atoms with Crippen LogP contribution in [0.2, 0.25) is 6.04 Å². The lowest BCUT2D eigenvalue weighted by Crippen LogP contribution is -2.46. The number of ether oxygens (including phenoxy) is 1. The van der Waals surface area contributed by atoms with E-state index in [1.165, 1.54) is 0 Å². The summed E-state index contributed by atoms with van der Waals surface area (Å²) in [5.74, 6) is 0.748. The van der Waals surface area contributed by atoms with Crippen LogP contribution in [0.3, 0.4) is 0 Å². The lowest BCUT2D eigenvalue weighted by molar-refractivity contribution is 0.0696. The third-order valence-corrected chi connectivity index (χ3v) is 7.75. The fourth-order valence-corrected chi connectivity index (χ4v) is 5.93.